The van der Waals surface area contributed by atoms with Gasteiger partial charge in [0.2, 0.25) is 5.91 Å². The number of esters is 1. The summed E-state index contributed by atoms with van der Waals surface area (Å²) < 4.78 is 4.67. The van der Waals surface area contributed by atoms with Gasteiger partial charge in [-0.05, 0) is 17.5 Å². The number of hydrogen-bond acceptors (Lipinski definition) is 3. The fourth-order valence-corrected chi connectivity index (χ4v) is 1.56. The Kier molecular flexibility index (Phi) is 4.48. The molecular formula is C14H19NO3. The molecule has 1 aromatic carbocycles. The topological polar surface area (TPSA) is 55.4 Å². The largest absolute Gasteiger partial charge is 0.465 e. The van der Waals surface area contributed by atoms with E-state index in [0.717, 1.165) is 0 Å². The van der Waals surface area contributed by atoms with Crippen LogP contribution in [0, 0.1) is 5.41 Å². The molecule has 18 heavy (non-hydrogen) atoms. The smallest absolute Gasteiger partial charge is 0.339 e. The van der Waals surface area contributed by atoms with Crippen LogP contribution in [0.2, 0.25) is 0 Å². The van der Waals surface area contributed by atoms with Crippen molar-refractivity contribution in [3.63, 3.8) is 0 Å². The number of anilines is 1. The second-order valence-corrected chi connectivity index (χ2v) is 5.32. The summed E-state index contributed by atoms with van der Waals surface area (Å²) >= 11 is 0. The summed E-state index contributed by atoms with van der Waals surface area (Å²) in [5.74, 6) is -0.569. The summed E-state index contributed by atoms with van der Waals surface area (Å²) in [6.45, 7) is 5.95. The van der Waals surface area contributed by atoms with Crippen molar-refractivity contribution in [3.05, 3.63) is 29.8 Å². The molecule has 0 spiro atoms. The Labute approximate surface area is 107 Å². The first-order valence-corrected chi connectivity index (χ1v) is 5.81. The van der Waals surface area contributed by atoms with Crippen molar-refractivity contribution in [3.8, 4) is 0 Å². The Hall–Kier alpha value is -1.84. The van der Waals surface area contributed by atoms with Crippen LogP contribution >= 0.6 is 0 Å². The highest BCUT2D eigenvalue weighted by molar-refractivity contribution is 6.01. The fraction of sp³-hybridized carbons (Fsp3) is 0.429. The zero-order chi connectivity index (χ0) is 13.8. The highest BCUT2D eigenvalue weighted by Crippen LogP contribution is 2.21. The fourth-order valence-electron chi connectivity index (χ4n) is 1.56. The third kappa shape index (κ3) is 4.20. The number of carbonyl (C=O) groups is 2. The predicted octanol–water partition coefficient (Wildman–Crippen LogP) is 2.85. The number of benzene rings is 1. The molecule has 1 N–H and O–H groups in total. The molecule has 1 amide bonds. The van der Waals surface area contributed by atoms with Crippen LogP contribution in [0.5, 0.6) is 0 Å². The number of hydrogen-bond donors (Lipinski definition) is 1. The number of methoxy groups -OCH3 is 1. The van der Waals surface area contributed by atoms with Crippen molar-refractivity contribution in [2.75, 3.05) is 12.4 Å². The molecule has 0 aliphatic rings. The second-order valence-electron chi connectivity index (χ2n) is 5.32. The Bertz CT molecular complexity index is 447. The van der Waals surface area contributed by atoms with Crippen molar-refractivity contribution >= 4 is 17.6 Å². The van der Waals surface area contributed by atoms with Crippen molar-refractivity contribution in [1.29, 1.82) is 0 Å². The maximum Gasteiger partial charge on any atom is 0.339 e. The van der Waals surface area contributed by atoms with Crippen molar-refractivity contribution < 1.29 is 14.3 Å². The molecule has 0 aromatic heterocycles. The van der Waals surface area contributed by atoms with E-state index in [1.807, 2.05) is 20.8 Å². The van der Waals surface area contributed by atoms with Crippen LogP contribution in [0.15, 0.2) is 24.3 Å². The molecule has 98 valence electrons. The molecule has 0 saturated carbocycles. The van der Waals surface area contributed by atoms with E-state index in [1.54, 1.807) is 24.3 Å². The van der Waals surface area contributed by atoms with E-state index in [9.17, 15) is 9.59 Å². The molecule has 1 aromatic rings. The van der Waals surface area contributed by atoms with Crippen molar-refractivity contribution in [1.82, 2.24) is 0 Å². The van der Waals surface area contributed by atoms with E-state index < -0.39 is 5.97 Å². The molecular weight excluding hydrogens is 230 g/mol. The SMILES string of the molecule is COC(=O)c1ccccc1NC(=O)CC(C)(C)C. The van der Waals surface area contributed by atoms with Gasteiger partial charge in [0, 0.05) is 6.42 Å². The summed E-state index contributed by atoms with van der Waals surface area (Å²) in [6, 6.07) is 6.80. The average molecular weight is 249 g/mol. The maximum absolute atomic E-state index is 11.8. The summed E-state index contributed by atoms with van der Waals surface area (Å²) in [6.07, 6.45) is 0.391. The first-order chi connectivity index (χ1) is 8.33. The van der Waals surface area contributed by atoms with E-state index in [0.29, 0.717) is 17.7 Å². The molecule has 0 unspecified atom stereocenters. The number of nitrogens with one attached hydrogen (secondary N) is 1. The lowest BCUT2D eigenvalue weighted by Gasteiger charge is -2.18. The van der Waals surface area contributed by atoms with Gasteiger partial charge in [0.05, 0.1) is 18.4 Å². The van der Waals surface area contributed by atoms with Gasteiger partial charge in [-0.25, -0.2) is 4.79 Å². The highest BCUT2D eigenvalue weighted by Gasteiger charge is 2.18. The molecule has 0 bridgehead atoms. The minimum Gasteiger partial charge on any atom is -0.465 e. The third-order valence-electron chi connectivity index (χ3n) is 2.30. The standard InChI is InChI=1S/C14H19NO3/c1-14(2,3)9-12(16)15-11-8-6-5-7-10(11)13(17)18-4/h5-8H,9H2,1-4H3,(H,15,16). The van der Waals surface area contributed by atoms with E-state index in [4.69, 9.17) is 0 Å². The molecule has 0 radical (unpaired) electrons. The lowest BCUT2D eigenvalue weighted by Crippen LogP contribution is -2.21. The van der Waals surface area contributed by atoms with Crippen LogP contribution in [-0.2, 0) is 9.53 Å². The molecule has 0 heterocycles. The minimum absolute atomic E-state index is 0.0930. The van der Waals surface area contributed by atoms with Crippen LogP contribution in [0.3, 0.4) is 0 Å². The van der Waals surface area contributed by atoms with Gasteiger partial charge in [-0.1, -0.05) is 32.9 Å². The van der Waals surface area contributed by atoms with Crippen LogP contribution in [0.1, 0.15) is 37.6 Å². The molecule has 0 aliphatic carbocycles. The Morgan fingerprint density at radius 1 is 1.22 bits per heavy atom. The lowest BCUT2D eigenvalue weighted by molar-refractivity contribution is -0.117. The number of amides is 1. The van der Waals surface area contributed by atoms with E-state index in [-0.39, 0.29) is 11.3 Å². The molecule has 0 aliphatic heterocycles. The molecule has 1 rings (SSSR count). The van der Waals surface area contributed by atoms with Gasteiger partial charge >= 0.3 is 5.97 Å². The van der Waals surface area contributed by atoms with E-state index in [2.05, 4.69) is 10.1 Å². The first kappa shape index (κ1) is 14.2. The van der Waals surface area contributed by atoms with Gasteiger partial charge in [-0.2, -0.15) is 0 Å². The summed E-state index contributed by atoms with van der Waals surface area (Å²) in [5, 5.41) is 2.74. The maximum atomic E-state index is 11.8. The predicted molar refractivity (Wildman–Crippen MR) is 70.5 cm³/mol. The average Bonchev–Trinajstić information content (AvgIpc) is 2.26. The molecule has 0 saturated heterocycles. The van der Waals surface area contributed by atoms with Gasteiger partial charge < -0.3 is 10.1 Å². The quantitative estimate of drug-likeness (QED) is 0.838. The Balaban J connectivity index is 2.85. The Morgan fingerprint density at radius 3 is 2.39 bits per heavy atom. The van der Waals surface area contributed by atoms with Gasteiger partial charge in [0.15, 0.2) is 0 Å². The van der Waals surface area contributed by atoms with Crippen LogP contribution < -0.4 is 5.32 Å². The summed E-state index contributed by atoms with van der Waals surface area (Å²) in [7, 11) is 1.32. The first-order valence-electron chi connectivity index (χ1n) is 5.81. The second kappa shape index (κ2) is 5.67. The third-order valence-corrected chi connectivity index (χ3v) is 2.30. The van der Waals surface area contributed by atoms with Crippen LogP contribution in [0.25, 0.3) is 0 Å². The zero-order valence-corrected chi connectivity index (χ0v) is 11.2. The number of ether oxygens (including phenoxy) is 1. The van der Waals surface area contributed by atoms with Crippen LogP contribution in [-0.4, -0.2) is 19.0 Å². The summed E-state index contributed by atoms with van der Waals surface area (Å²) in [5.41, 5.74) is 0.755. The Morgan fingerprint density at radius 2 is 1.83 bits per heavy atom. The summed E-state index contributed by atoms with van der Waals surface area (Å²) in [4.78, 5) is 23.4. The van der Waals surface area contributed by atoms with Crippen molar-refractivity contribution in [2.24, 2.45) is 5.41 Å². The molecule has 4 heteroatoms. The van der Waals surface area contributed by atoms with Gasteiger partial charge in [-0.15, -0.1) is 0 Å². The molecule has 0 fully saturated rings. The zero-order valence-electron chi connectivity index (χ0n) is 11.2. The number of carbonyl (C=O) groups excluding carboxylic acids is 2. The van der Waals surface area contributed by atoms with Crippen LogP contribution in [0.4, 0.5) is 5.69 Å². The van der Waals surface area contributed by atoms with E-state index >= 15 is 0 Å². The van der Waals surface area contributed by atoms with Gasteiger partial charge in [-0.3, -0.25) is 4.79 Å². The molecule has 0 atom stereocenters. The normalized spacial score (nSPS) is 10.9. The van der Waals surface area contributed by atoms with Gasteiger partial charge in [0.1, 0.15) is 0 Å². The highest BCUT2D eigenvalue weighted by atomic mass is 16.5. The number of para-hydroxylation sites is 1. The molecule has 4 nitrogen and oxygen atoms in total. The van der Waals surface area contributed by atoms with Crippen molar-refractivity contribution in [2.45, 2.75) is 27.2 Å². The lowest BCUT2D eigenvalue weighted by atomic mass is 9.92. The minimum atomic E-state index is -0.457. The number of rotatable bonds is 3. The van der Waals surface area contributed by atoms with Gasteiger partial charge in [0.25, 0.3) is 0 Å². The van der Waals surface area contributed by atoms with E-state index in [1.165, 1.54) is 7.11 Å². The monoisotopic (exact) mass is 249 g/mol.